The Morgan fingerprint density at radius 1 is 1.45 bits per heavy atom. The van der Waals surface area contributed by atoms with E-state index < -0.39 is 5.97 Å². The number of aliphatic carboxylic acids is 1. The minimum absolute atomic E-state index is 0.401. The number of nitrogens with zero attached hydrogens (tertiary/aromatic N) is 2. The molecular formula is C15H16N2O3. The number of carboxylic acids is 1. The van der Waals surface area contributed by atoms with E-state index in [4.69, 9.17) is 9.84 Å². The summed E-state index contributed by atoms with van der Waals surface area (Å²) in [5.41, 5.74) is 1.71. The molecule has 104 valence electrons. The lowest BCUT2D eigenvalue weighted by atomic mass is 10.2. The van der Waals surface area contributed by atoms with Crippen LogP contribution in [0.5, 0.6) is 5.75 Å². The van der Waals surface area contributed by atoms with Crippen LogP contribution in [0.2, 0.25) is 0 Å². The van der Waals surface area contributed by atoms with E-state index in [0.29, 0.717) is 12.4 Å². The molecule has 2 aromatic rings. The number of rotatable bonds is 6. The van der Waals surface area contributed by atoms with E-state index in [9.17, 15) is 4.79 Å². The van der Waals surface area contributed by atoms with Gasteiger partial charge < -0.3 is 9.84 Å². The highest BCUT2D eigenvalue weighted by atomic mass is 16.5. The van der Waals surface area contributed by atoms with Gasteiger partial charge in [-0.15, -0.1) is 0 Å². The molecule has 0 bridgehead atoms. The van der Waals surface area contributed by atoms with E-state index in [-0.39, 0.29) is 0 Å². The predicted molar refractivity (Wildman–Crippen MR) is 75.3 cm³/mol. The topological polar surface area (TPSA) is 64.3 Å². The number of carbonyl (C=O) groups is 1. The Labute approximate surface area is 117 Å². The Morgan fingerprint density at radius 3 is 2.95 bits per heavy atom. The molecule has 1 aromatic carbocycles. The van der Waals surface area contributed by atoms with Crippen molar-refractivity contribution in [2.75, 3.05) is 0 Å². The summed E-state index contributed by atoms with van der Waals surface area (Å²) in [5.74, 6) is -0.335. The molecule has 0 saturated heterocycles. The molecule has 0 radical (unpaired) electrons. The van der Waals surface area contributed by atoms with Crippen molar-refractivity contribution < 1.29 is 14.6 Å². The Morgan fingerprint density at radius 2 is 2.25 bits per heavy atom. The fourth-order valence-electron chi connectivity index (χ4n) is 1.73. The van der Waals surface area contributed by atoms with E-state index in [1.165, 1.54) is 6.08 Å². The molecule has 5 heteroatoms. The first-order valence-electron chi connectivity index (χ1n) is 6.33. The molecule has 0 saturated carbocycles. The third-order valence-corrected chi connectivity index (χ3v) is 2.73. The number of benzene rings is 1. The van der Waals surface area contributed by atoms with Gasteiger partial charge in [0, 0.05) is 29.9 Å². The summed E-state index contributed by atoms with van der Waals surface area (Å²) in [6.45, 7) is 3.24. The predicted octanol–water partition coefficient (Wildman–Crippen LogP) is 2.58. The van der Waals surface area contributed by atoms with Crippen molar-refractivity contribution in [1.29, 1.82) is 0 Å². The van der Waals surface area contributed by atoms with Gasteiger partial charge in [0.2, 0.25) is 0 Å². The van der Waals surface area contributed by atoms with Crippen LogP contribution in [0.1, 0.15) is 18.1 Å². The lowest BCUT2D eigenvalue weighted by molar-refractivity contribution is -0.131. The van der Waals surface area contributed by atoms with Gasteiger partial charge in [0.25, 0.3) is 0 Å². The van der Waals surface area contributed by atoms with Gasteiger partial charge >= 0.3 is 5.97 Å². The average molecular weight is 272 g/mol. The lowest BCUT2D eigenvalue weighted by Crippen LogP contribution is -1.97. The third-order valence-electron chi connectivity index (χ3n) is 2.73. The minimum atomic E-state index is -0.982. The van der Waals surface area contributed by atoms with Gasteiger partial charge in [-0.25, -0.2) is 4.79 Å². The fourth-order valence-corrected chi connectivity index (χ4v) is 1.73. The second-order valence-electron chi connectivity index (χ2n) is 4.20. The van der Waals surface area contributed by atoms with Crippen molar-refractivity contribution in [2.45, 2.75) is 20.1 Å². The van der Waals surface area contributed by atoms with E-state index in [1.807, 2.05) is 42.1 Å². The smallest absolute Gasteiger partial charge is 0.328 e. The second-order valence-corrected chi connectivity index (χ2v) is 4.20. The minimum Gasteiger partial charge on any atom is -0.488 e. The zero-order valence-corrected chi connectivity index (χ0v) is 11.2. The average Bonchev–Trinajstić information content (AvgIpc) is 2.91. The molecule has 0 aliphatic carbocycles. The summed E-state index contributed by atoms with van der Waals surface area (Å²) >= 11 is 0. The molecule has 1 aromatic heterocycles. The summed E-state index contributed by atoms with van der Waals surface area (Å²) < 4.78 is 7.54. The molecule has 0 amide bonds. The number of hydrogen-bond donors (Lipinski definition) is 1. The summed E-state index contributed by atoms with van der Waals surface area (Å²) in [6.07, 6.45) is 6.30. The zero-order chi connectivity index (χ0) is 14.4. The number of carboxylic acid groups (broad SMARTS) is 1. The molecule has 0 unspecified atom stereocenters. The van der Waals surface area contributed by atoms with Crippen LogP contribution < -0.4 is 4.74 Å². The van der Waals surface area contributed by atoms with Crippen LogP contribution in [-0.4, -0.2) is 20.9 Å². The zero-order valence-electron chi connectivity index (χ0n) is 11.2. The van der Waals surface area contributed by atoms with Crippen LogP contribution in [0.4, 0.5) is 0 Å². The standard InChI is InChI=1S/C15H16N2O3/c1-2-17-10-12(9-16-17)11-20-14-6-4-3-5-13(14)7-8-15(18)19/h3-10H,2,11H2,1H3,(H,18,19). The highest BCUT2D eigenvalue weighted by Crippen LogP contribution is 2.20. The van der Waals surface area contributed by atoms with Gasteiger partial charge in [-0.1, -0.05) is 18.2 Å². The summed E-state index contributed by atoms with van der Waals surface area (Å²) in [5, 5.41) is 12.8. The Bertz CT molecular complexity index is 617. The molecule has 1 N–H and O–H groups in total. The Balaban J connectivity index is 2.07. The quantitative estimate of drug-likeness (QED) is 0.821. The molecule has 2 rings (SSSR count). The Hall–Kier alpha value is -2.56. The van der Waals surface area contributed by atoms with E-state index in [2.05, 4.69) is 5.10 Å². The van der Waals surface area contributed by atoms with Crippen molar-refractivity contribution >= 4 is 12.0 Å². The lowest BCUT2D eigenvalue weighted by Gasteiger charge is -2.07. The van der Waals surface area contributed by atoms with Gasteiger partial charge in [-0.05, 0) is 19.1 Å². The van der Waals surface area contributed by atoms with Crippen LogP contribution in [0.3, 0.4) is 0 Å². The van der Waals surface area contributed by atoms with E-state index >= 15 is 0 Å². The first-order valence-corrected chi connectivity index (χ1v) is 6.33. The van der Waals surface area contributed by atoms with Gasteiger partial charge in [0.15, 0.2) is 0 Å². The highest BCUT2D eigenvalue weighted by Gasteiger charge is 2.03. The summed E-state index contributed by atoms with van der Waals surface area (Å²) in [7, 11) is 0. The summed E-state index contributed by atoms with van der Waals surface area (Å²) in [6, 6.07) is 7.31. The molecule has 0 aliphatic rings. The molecule has 0 atom stereocenters. The first-order chi connectivity index (χ1) is 9.69. The van der Waals surface area contributed by atoms with Crippen LogP contribution >= 0.6 is 0 Å². The van der Waals surface area contributed by atoms with Crippen LogP contribution in [0.15, 0.2) is 42.7 Å². The van der Waals surface area contributed by atoms with Crippen molar-refractivity contribution in [3.63, 3.8) is 0 Å². The molecule has 5 nitrogen and oxygen atoms in total. The van der Waals surface area contributed by atoms with Crippen LogP contribution in [0, 0.1) is 0 Å². The van der Waals surface area contributed by atoms with E-state index in [1.54, 1.807) is 6.20 Å². The van der Waals surface area contributed by atoms with Crippen LogP contribution in [0.25, 0.3) is 6.08 Å². The van der Waals surface area contributed by atoms with Crippen molar-refractivity contribution in [1.82, 2.24) is 9.78 Å². The number of hydrogen-bond acceptors (Lipinski definition) is 3. The van der Waals surface area contributed by atoms with Crippen molar-refractivity contribution in [2.24, 2.45) is 0 Å². The molecule has 0 aliphatic heterocycles. The molecule has 1 heterocycles. The molecule has 0 spiro atoms. The third kappa shape index (κ3) is 3.71. The molecular weight excluding hydrogens is 256 g/mol. The van der Waals surface area contributed by atoms with E-state index in [0.717, 1.165) is 23.7 Å². The number of aryl methyl sites for hydroxylation is 1. The maximum Gasteiger partial charge on any atom is 0.328 e. The summed E-state index contributed by atoms with van der Waals surface area (Å²) in [4.78, 5) is 10.6. The number of para-hydroxylation sites is 1. The van der Waals surface area contributed by atoms with Gasteiger partial charge in [-0.3, -0.25) is 4.68 Å². The first kappa shape index (κ1) is 13.9. The number of ether oxygens (including phenoxy) is 1. The Kier molecular flexibility index (Phi) is 4.55. The van der Waals surface area contributed by atoms with Gasteiger partial charge in [0.05, 0.1) is 6.20 Å². The second kappa shape index (κ2) is 6.56. The maximum atomic E-state index is 10.6. The monoisotopic (exact) mass is 272 g/mol. The van der Waals surface area contributed by atoms with Gasteiger partial charge in [-0.2, -0.15) is 5.10 Å². The maximum absolute atomic E-state index is 10.6. The largest absolute Gasteiger partial charge is 0.488 e. The highest BCUT2D eigenvalue weighted by molar-refractivity contribution is 5.85. The number of aromatic nitrogens is 2. The van der Waals surface area contributed by atoms with Gasteiger partial charge in [0.1, 0.15) is 12.4 Å². The normalized spacial score (nSPS) is 10.8. The van der Waals surface area contributed by atoms with Crippen LogP contribution in [-0.2, 0) is 17.9 Å². The fraction of sp³-hybridized carbons (Fsp3) is 0.200. The molecule has 0 fully saturated rings. The van der Waals surface area contributed by atoms with Crippen molar-refractivity contribution in [3.05, 3.63) is 53.9 Å². The van der Waals surface area contributed by atoms with Crippen molar-refractivity contribution in [3.8, 4) is 5.75 Å². The molecule has 20 heavy (non-hydrogen) atoms. The SMILES string of the molecule is CCn1cc(COc2ccccc2C=CC(=O)O)cn1.